The molecule has 27 heavy (non-hydrogen) atoms. The van der Waals surface area contributed by atoms with Gasteiger partial charge in [0.05, 0.1) is 12.3 Å². The summed E-state index contributed by atoms with van der Waals surface area (Å²) in [6, 6.07) is 10.4. The average molecular weight is 395 g/mol. The Hall–Kier alpha value is -1.96. The lowest BCUT2D eigenvalue weighted by atomic mass is 9.82. The number of nitrogens with zero attached hydrogens (tertiary/aromatic N) is 1. The molecule has 0 aliphatic heterocycles. The van der Waals surface area contributed by atoms with Crippen LogP contribution in [0.5, 0.6) is 0 Å². The first-order valence-corrected chi connectivity index (χ1v) is 9.25. The predicted octanol–water partition coefficient (Wildman–Crippen LogP) is 5.53. The van der Waals surface area contributed by atoms with Gasteiger partial charge in [-0.25, -0.2) is 0 Å². The number of aromatic nitrogens is 1. The summed E-state index contributed by atoms with van der Waals surface area (Å²) >= 11 is 1.52. The van der Waals surface area contributed by atoms with Gasteiger partial charge in [0, 0.05) is 16.5 Å². The van der Waals surface area contributed by atoms with Crippen molar-refractivity contribution in [1.29, 1.82) is 0 Å². The summed E-state index contributed by atoms with van der Waals surface area (Å²) in [5.41, 5.74) is -0.983. The van der Waals surface area contributed by atoms with Gasteiger partial charge in [-0.3, -0.25) is 4.98 Å². The SMILES string of the molecule is CC(C)(O)OCC(C)(c1ccnc(-c2cccc3ccsc23)c1)C(F)(F)F. The quantitative estimate of drug-likeness (QED) is 0.578. The number of hydrogen-bond donors (Lipinski definition) is 1. The van der Waals surface area contributed by atoms with Crippen LogP contribution in [0, 0.1) is 0 Å². The van der Waals surface area contributed by atoms with Gasteiger partial charge in [-0.1, -0.05) is 18.2 Å². The van der Waals surface area contributed by atoms with Gasteiger partial charge >= 0.3 is 6.18 Å². The zero-order chi connectivity index (χ0) is 19.9. The van der Waals surface area contributed by atoms with Gasteiger partial charge in [-0.2, -0.15) is 13.2 Å². The van der Waals surface area contributed by atoms with Gasteiger partial charge in [0.15, 0.2) is 5.79 Å². The molecule has 0 aliphatic rings. The third-order valence-corrected chi connectivity index (χ3v) is 5.46. The standard InChI is InChI=1S/C20H20F3NO2S/c1-18(2,25)26-12-19(3,20(21,22)23)14-7-9-24-16(11-14)15-6-4-5-13-8-10-27-17(13)15/h4-11,25H,12H2,1-3H3. The van der Waals surface area contributed by atoms with Gasteiger partial charge in [-0.15, -0.1) is 11.3 Å². The zero-order valence-corrected chi connectivity index (χ0v) is 16.0. The topological polar surface area (TPSA) is 42.4 Å². The van der Waals surface area contributed by atoms with Crippen molar-refractivity contribution in [3.63, 3.8) is 0 Å². The van der Waals surface area contributed by atoms with Crippen LogP contribution in [0.1, 0.15) is 26.3 Å². The minimum Gasteiger partial charge on any atom is -0.366 e. The molecule has 0 saturated heterocycles. The highest BCUT2D eigenvalue weighted by molar-refractivity contribution is 7.17. The summed E-state index contributed by atoms with van der Waals surface area (Å²) in [6.45, 7) is 2.98. The molecular weight excluding hydrogens is 375 g/mol. The highest BCUT2D eigenvalue weighted by Crippen LogP contribution is 2.43. The molecule has 0 fully saturated rings. The van der Waals surface area contributed by atoms with Crippen molar-refractivity contribution >= 4 is 21.4 Å². The Bertz CT molecular complexity index is 946. The molecule has 0 saturated carbocycles. The van der Waals surface area contributed by atoms with Gasteiger partial charge in [-0.05, 0) is 55.3 Å². The first-order chi connectivity index (χ1) is 12.5. The van der Waals surface area contributed by atoms with E-state index >= 15 is 0 Å². The van der Waals surface area contributed by atoms with Crippen molar-refractivity contribution in [2.45, 2.75) is 38.1 Å². The van der Waals surface area contributed by atoms with Gasteiger partial charge < -0.3 is 9.84 Å². The van der Waals surface area contributed by atoms with E-state index in [0.717, 1.165) is 22.6 Å². The van der Waals surface area contributed by atoms with Crippen LogP contribution in [-0.2, 0) is 10.2 Å². The van der Waals surface area contributed by atoms with Crippen LogP contribution < -0.4 is 0 Å². The molecule has 1 N–H and O–H groups in total. The highest BCUT2D eigenvalue weighted by Gasteiger charge is 2.53. The lowest BCUT2D eigenvalue weighted by Gasteiger charge is -2.34. The summed E-state index contributed by atoms with van der Waals surface area (Å²) in [5, 5.41) is 12.7. The van der Waals surface area contributed by atoms with E-state index in [1.165, 1.54) is 43.5 Å². The van der Waals surface area contributed by atoms with Crippen LogP contribution in [0.2, 0.25) is 0 Å². The smallest absolute Gasteiger partial charge is 0.366 e. The third kappa shape index (κ3) is 4.00. The van der Waals surface area contributed by atoms with Gasteiger partial charge in [0.2, 0.25) is 0 Å². The summed E-state index contributed by atoms with van der Waals surface area (Å²) in [6.07, 6.45) is -3.18. The molecule has 0 spiro atoms. The maximum absolute atomic E-state index is 13.9. The first kappa shape index (κ1) is 19.8. The van der Waals surface area contributed by atoms with E-state index in [4.69, 9.17) is 4.74 Å². The Balaban J connectivity index is 2.07. The van der Waals surface area contributed by atoms with Gasteiger partial charge in [0.1, 0.15) is 5.41 Å². The van der Waals surface area contributed by atoms with Crippen molar-refractivity contribution in [2.24, 2.45) is 0 Å². The molecule has 0 bridgehead atoms. The minimum atomic E-state index is -4.56. The molecule has 1 unspecified atom stereocenters. The minimum absolute atomic E-state index is 0.0396. The molecule has 3 rings (SSSR count). The number of halogens is 3. The second-order valence-corrected chi connectivity index (χ2v) is 8.06. The summed E-state index contributed by atoms with van der Waals surface area (Å²) in [7, 11) is 0. The number of hydrogen-bond acceptors (Lipinski definition) is 4. The molecule has 2 heterocycles. The normalized spacial score (nSPS) is 15.1. The van der Waals surface area contributed by atoms with Crippen LogP contribution in [0.25, 0.3) is 21.3 Å². The van der Waals surface area contributed by atoms with Crippen molar-refractivity contribution in [3.8, 4) is 11.3 Å². The molecule has 2 aromatic heterocycles. The third-order valence-electron chi connectivity index (χ3n) is 4.49. The maximum atomic E-state index is 13.9. The lowest BCUT2D eigenvalue weighted by molar-refractivity contribution is -0.240. The van der Waals surface area contributed by atoms with Crippen LogP contribution >= 0.6 is 11.3 Å². The number of fused-ring (bicyclic) bond motifs is 1. The summed E-state index contributed by atoms with van der Waals surface area (Å²) < 4.78 is 47.8. The van der Waals surface area contributed by atoms with Gasteiger partial charge in [0.25, 0.3) is 0 Å². The fourth-order valence-electron chi connectivity index (χ4n) is 2.77. The largest absolute Gasteiger partial charge is 0.400 e. The molecular formula is C20H20F3NO2S. The van der Waals surface area contributed by atoms with Crippen LogP contribution in [0.15, 0.2) is 48.0 Å². The van der Waals surface area contributed by atoms with Crippen molar-refractivity contribution in [2.75, 3.05) is 6.61 Å². The van der Waals surface area contributed by atoms with Crippen LogP contribution in [0.3, 0.4) is 0 Å². The highest BCUT2D eigenvalue weighted by atomic mass is 32.1. The number of pyridine rings is 1. The zero-order valence-electron chi connectivity index (χ0n) is 15.2. The predicted molar refractivity (Wildman–Crippen MR) is 101 cm³/mol. The maximum Gasteiger partial charge on any atom is 0.400 e. The van der Waals surface area contributed by atoms with E-state index in [-0.39, 0.29) is 5.56 Å². The molecule has 1 aromatic carbocycles. The first-order valence-electron chi connectivity index (χ1n) is 8.37. The fraction of sp³-hybridized carbons (Fsp3) is 0.350. The molecule has 7 heteroatoms. The average Bonchev–Trinajstić information content (AvgIpc) is 3.06. The van der Waals surface area contributed by atoms with Crippen LogP contribution in [-0.4, -0.2) is 28.7 Å². The number of thiophene rings is 1. The Morgan fingerprint density at radius 3 is 2.52 bits per heavy atom. The molecule has 3 nitrogen and oxygen atoms in total. The Labute approximate surface area is 159 Å². The monoisotopic (exact) mass is 395 g/mol. The fourth-order valence-corrected chi connectivity index (χ4v) is 3.69. The number of ether oxygens (including phenoxy) is 1. The van der Waals surface area contributed by atoms with E-state index in [9.17, 15) is 18.3 Å². The molecule has 0 aliphatic carbocycles. The van der Waals surface area contributed by atoms with E-state index in [0.29, 0.717) is 5.69 Å². The Morgan fingerprint density at radius 2 is 1.85 bits per heavy atom. The van der Waals surface area contributed by atoms with Crippen molar-refractivity contribution < 1.29 is 23.0 Å². The second kappa shape index (κ2) is 6.89. The number of benzene rings is 1. The number of rotatable bonds is 5. The summed E-state index contributed by atoms with van der Waals surface area (Å²) in [4.78, 5) is 4.29. The lowest BCUT2D eigenvalue weighted by Crippen LogP contribution is -2.46. The summed E-state index contributed by atoms with van der Waals surface area (Å²) in [5.74, 6) is -1.66. The second-order valence-electron chi connectivity index (χ2n) is 7.14. The van der Waals surface area contributed by atoms with Crippen molar-refractivity contribution in [1.82, 2.24) is 4.98 Å². The molecule has 0 amide bonds. The molecule has 144 valence electrons. The Kier molecular flexibility index (Phi) is 5.05. The molecule has 3 aromatic rings. The Morgan fingerprint density at radius 1 is 1.11 bits per heavy atom. The number of aliphatic hydroxyl groups is 1. The van der Waals surface area contributed by atoms with E-state index in [1.807, 2.05) is 29.6 Å². The van der Waals surface area contributed by atoms with E-state index in [2.05, 4.69) is 4.98 Å². The van der Waals surface area contributed by atoms with E-state index in [1.54, 1.807) is 0 Å². The van der Waals surface area contributed by atoms with E-state index < -0.39 is 24.0 Å². The number of alkyl halides is 3. The molecule has 0 radical (unpaired) electrons. The van der Waals surface area contributed by atoms with Crippen LogP contribution in [0.4, 0.5) is 13.2 Å². The molecule has 1 atom stereocenters. The van der Waals surface area contributed by atoms with Crippen molar-refractivity contribution in [3.05, 3.63) is 53.5 Å².